The number of ether oxygens (including phenoxy) is 1. The predicted octanol–water partition coefficient (Wildman–Crippen LogP) is 6.66. The number of hydrogen-bond donors (Lipinski definition) is 0. The Kier molecular flexibility index (Phi) is 9.33. The molecule has 0 spiro atoms. The number of hydrogen-bond acceptors (Lipinski definition) is 4. The third-order valence-electron chi connectivity index (χ3n) is 3.84. The first-order valence-electron chi connectivity index (χ1n) is 8.52. The molecule has 0 saturated heterocycles. The molecule has 1 rings (SSSR count). The molecule has 0 bridgehead atoms. The van der Waals surface area contributed by atoms with E-state index in [9.17, 15) is 0 Å². The van der Waals surface area contributed by atoms with Gasteiger partial charge in [-0.15, -0.1) is 11.3 Å². The topological polar surface area (TPSA) is 12.5 Å². The van der Waals surface area contributed by atoms with Crippen LogP contribution in [0.2, 0.25) is 0 Å². The number of thiophene rings is 1. The van der Waals surface area contributed by atoms with E-state index in [1.807, 2.05) is 6.92 Å². The Balaban J connectivity index is 2.95. The van der Waals surface area contributed by atoms with Crippen molar-refractivity contribution in [2.45, 2.75) is 34.1 Å². The van der Waals surface area contributed by atoms with E-state index < -0.39 is 0 Å². The van der Waals surface area contributed by atoms with E-state index in [0.29, 0.717) is 0 Å². The average molecular weight is 378 g/mol. The molecule has 1 aromatic rings. The van der Waals surface area contributed by atoms with Crippen molar-refractivity contribution in [1.29, 1.82) is 0 Å². The summed E-state index contributed by atoms with van der Waals surface area (Å²) in [6.45, 7) is 18.4. The molecule has 2 nitrogen and oxygen atoms in total. The summed E-state index contributed by atoms with van der Waals surface area (Å²) < 4.78 is 5.17. The van der Waals surface area contributed by atoms with E-state index in [0.717, 1.165) is 30.1 Å². The molecular formula is C21H31NOS2. The zero-order valence-corrected chi connectivity index (χ0v) is 18.1. The fourth-order valence-corrected chi connectivity index (χ4v) is 4.42. The van der Waals surface area contributed by atoms with E-state index in [1.54, 1.807) is 30.2 Å². The zero-order valence-electron chi connectivity index (χ0n) is 16.4. The highest BCUT2D eigenvalue weighted by Crippen LogP contribution is 2.41. The smallest absolute Gasteiger partial charge is 0.0916 e. The number of anilines is 1. The molecule has 0 unspecified atom stereocenters. The van der Waals surface area contributed by atoms with Gasteiger partial charge in [-0.25, -0.2) is 0 Å². The monoisotopic (exact) mass is 377 g/mol. The summed E-state index contributed by atoms with van der Waals surface area (Å²) in [6, 6.07) is 2.24. The van der Waals surface area contributed by atoms with Crippen LogP contribution in [0.1, 0.15) is 37.6 Å². The average Bonchev–Trinajstić information content (AvgIpc) is 2.94. The number of thioether (sulfide) groups is 1. The standard InChI is InChI=1S/C21H31NOS2/c1-9-10-19(13-16(4)15(2)3)24-18(6)21-17(5)14-20(25-21)22(7)11-12-23-8/h10,13-14H,2,6,9,11-12H2,1,3-5,7-8H3/b16-13+,19-10-. The van der Waals surface area contributed by atoms with Crippen molar-refractivity contribution in [1.82, 2.24) is 0 Å². The second-order valence-electron chi connectivity index (χ2n) is 6.16. The summed E-state index contributed by atoms with van der Waals surface area (Å²) in [4.78, 5) is 5.82. The summed E-state index contributed by atoms with van der Waals surface area (Å²) in [5.41, 5.74) is 3.59. The van der Waals surface area contributed by atoms with Gasteiger partial charge in [0.2, 0.25) is 0 Å². The predicted molar refractivity (Wildman–Crippen MR) is 118 cm³/mol. The van der Waals surface area contributed by atoms with Crippen LogP contribution in [0.4, 0.5) is 5.00 Å². The maximum absolute atomic E-state index is 5.17. The van der Waals surface area contributed by atoms with Gasteiger partial charge in [-0.05, 0) is 50.5 Å². The quantitative estimate of drug-likeness (QED) is 0.423. The first-order valence-corrected chi connectivity index (χ1v) is 10.1. The molecular weight excluding hydrogens is 346 g/mol. The first-order chi connectivity index (χ1) is 11.8. The zero-order chi connectivity index (χ0) is 19.0. The Morgan fingerprint density at radius 2 is 2.04 bits per heavy atom. The fourth-order valence-electron chi connectivity index (χ4n) is 2.13. The van der Waals surface area contributed by atoms with Crippen molar-refractivity contribution in [2.24, 2.45) is 0 Å². The maximum atomic E-state index is 5.17. The second kappa shape index (κ2) is 10.7. The third kappa shape index (κ3) is 6.89. The Bertz CT molecular complexity index is 667. The van der Waals surface area contributed by atoms with Crippen LogP contribution in [0, 0.1) is 6.92 Å². The normalized spacial score (nSPS) is 12.4. The molecule has 0 aromatic carbocycles. The molecule has 0 fully saturated rings. The number of allylic oxidation sites excluding steroid dienone is 4. The lowest BCUT2D eigenvalue weighted by atomic mass is 10.1. The minimum absolute atomic E-state index is 0.729. The number of rotatable bonds is 10. The summed E-state index contributed by atoms with van der Waals surface area (Å²) in [5, 5.41) is 1.25. The first kappa shape index (κ1) is 21.8. The van der Waals surface area contributed by atoms with E-state index in [-0.39, 0.29) is 0 Å². The van der Waals surface area contributed by atoms with Crippen LogP contribution in [-0.2, 0) is 4.74 Å². The molecule has 138 valence electrons. The summed E-state index contributed by atoms with van der Waals surface area (Å²) in [5.74, 6) is 0. The van der Waals surface area contributed by atoms with Gasteiger partial charge in [-0.2, -0.15) is 0 Å². The summed E-state index contributed by atoms with van der Waals surface area (Å²) in [7, 11) is 3.84. The van der Waals surface area contributed by atoms with Crippen LogP contribution in [-0.4, -0.2) is 27.3 Å². The molecule has 0 aliphatic heterocycles. The van der Waals surface area contributed by atoms with Gasteiger partial charge in [-0.1, -0.05) is 43.5 Å². The van der Waals surface area contributed by atoms with Crippen molar-refractivity contribution >= 4 is 33.0 Å². The maximum Gasteiger partial charge on any atom is 0.0916 e. The highest BCUT2D eigenvalue weighted by atomic mass is 32.2. The van der Waals surface area contributed by atoms with Crippen LogP contribution in [0.5, 0.6) is 0 Å². The molecule has 0 saturated carbocycles. The number of methoxy groups -OCH3 is 1. The molecule has 1 aromatic heterocycles. The van der Waals surface area contributed by atoms with E-state index in [1.165, 1.54) is 25.9 Å². The van der Waals surface area contributed by atoms with Crippen molar-refractivity contribution in [2.75, 3.05) is 32.2 Å². The van der Waals surface area contributed by atoms with Gasteiger partial charge in [0, 0.05) is 35.4 Å². The van der Waals surface area contributed by atoms with Crippen LogP contribution in [0.25, 0.3) is 4.91 Å². The Hall–Kier alpha value is -1.23. The van der Waals surface area contributed by atoms with Crippen LogP contribution < -0.4 is 4.90 Å². The lowest BCUT2D eigenvalue weighted by molar-refractivity contribution is 0.206. The van der Waals surface area contributed by atoms with Crippen LogP contribution in [0.3, 0.4) is 0 Å². The number of aryl methyl sites for hydroxylation is 1. The van der Waals surface area contributed by atoms with Crippen LogP contribution in [0.15, 0.2) is 47.4 Å². The number of nitrogens with zero attached hydrogens (tertiary/aromatic N) is 1. The lowest BCUT2D eigenvalue weighted by Gasteiger charge is -2.15. The minimum atomic E-state index is 0.729. The SMILES string of the molecule is C=C(C)/C(C)=C/C(=C/CC)SC(=C)c1sc(N(C)CCOC)cc1C. The third-order valence-corrected chi connectivity index (χ3v) is 6.35. The molecule has 0 atom stereocenters. The van der Waals surface area contributed by atoms with Crippen molar-refractivity contribution in [3.8, 4) is 0 Å². The molecule has 0 amide bonds. The minimum Gasteiger partial charge on any atom is -0.383 e. The summed E-state index contributed by atoms with van der Waals surface area (Å²) in [6.07, 6.45) is 5.46. The van der Waals surface area contributed by atoms with Gasteiger partial charge < -0.3 is 9.64 Å². The van der Waals surface area contributed by atoms with E-state index in [2.05, 4.69) is 64.1 Å². The summed E-state index contributed by atoms with van der Waals surface area (Å²) >= 11 is 3.54. The second-order valence-corrected chi connectivity index (χ2v) is 8.36. The lowest BCUT2D eigenvalue weighted by Crippen LogP contribution is -2.20. The Morgan fingerprint density at radius 1 is 1.36 bits per heavy atom. The Morgan fingerprint density at radius 3 is 2.60 bits per heavy atom. The number of likely N-dealkylation sites (N-methyl/N-ethyl adjacent to an activating group) is 1. The van der Waals surface area contributed by atoms with Gasteiger partial charge in [0.25, 0.3) is 0 Å². The van der Waals surface area contributed by atoms with E-state index >= 15 is 0 Å². The molecule has 1 heterocycles. The fraction of sp³-hybridized carbons (Fsp3) is 0.429. The molecule has 0 aliphatic carbocycles. The van der Waals surface area contributed by atoms with Gasteiger partial charge in [0.15, 0.2) is 0 Å². The van der Waals surface area contributed by atoms with Crippen molar-refractivity contribution in [3.63, 3.8) is 0 Å². The molecule has 25 heavy (non-hydrogen) atoms. The molecule has 0 aliphatic rings. The van der Waals surface area contributed by atoms with Gasteiger partial charge in [0.05, 0.1) is 11.6 Å². The van der Waals surface area contributed by atoms with Gasteiger partial charge in [0.1, 0.15) is 0 Å². The van der Waals surface area contributed by atoms with Crippen LogP contribution >= 0.6 is 23.1 Å². The van der Waals surface area contributed by atoms with Crippen molar-refractivity contribution in [3.05, 3.63) is 57.9 Å². The molecule has 0 N–H and O–H groups in total. The highest BCUT2D eigenvalue weighted by molar-refractivity contribution is 8.12. The Labute approximate surface area is 162 Å². The van der Waals surface area contributed by atoms with E-state index in [4.69, 9.17) is 4.74 Å². The molecule has 0 radical (unpaired) electrons. The molecule has 4 heteroatoms. The van der Waals surface area contributed by atoms with Gasteiger partial charge >= 0.3 is 0 Å². The largest absolute Gasteiger partial charge is 0.383 e. The van der Waals surface area contributed by atoms with Crippen molar-refractivity contribution < 1.29 is 4.74 Å². The van der Waals surface area contributed by atoms with Gasteiger partial charge in [-0.3, -0.25) is 0 Å². The highest BCUT2D eigenvalue weighted by Gasteiger charge is 2.13.